The molecule has 0 atom stereocenters. The van der Waals surface area contributed by atoms with Crippen molar-refractivity contribution >= 4 is 0 Å². The minimum absolute atomic E-state index is 0.597. The largest absolute Gasteiger partial charge is 0.334 e. The van der Waals surface area contributed by atoms with Crippen LogP contribution in [0.4, 0.5) is 0 Å². The molecule has 1 aromatic heterocycles. The normalized spacial score (nSPS) is 10.5. The van der Waals surface area contributed by atoms with Crippen LogP contribution >= 0.6 is 0 Å². The predicted molar refractivity (Wildman–Crippen MR) is 53.9 cm³/mol. The molecule has 1 heterocycles. The van der Waals surface area contributed by atoms with E-state index in [0.717, 1.165) is 11.1 Å². The lowest BCUT2D eigenvalue weighted by Gasteiger charge is -2.00. The Hall–Kier alpha value is -1.64. The first-order valence-corrected chi connectivity index (χ1v) is 4.55. The van der Waals surface area contributed by atoms with Crippen LogP contribution in [0.1, 0.15) is 17.0 Å². The molecule has 14 heavy (non-hydrogen) atoms. The van der Waals surface area contributed by atoms with Crippen molar-refractivity contribution in [2.45, 2.75) is 20.8 Å². The van der Waals surface area contributed by atoms with E-state index in [1.165, 1.54) is 5.56 Å². The highest BCUT2D eigenvalue weighted by Gasteiger charge is 2.08. The number of aromatic nitrogens is 2. The van der Waals surface area contributed by atoms with Gasteiger partial charge in [-0.3, -0.25) is 0 Å². The lowest BCUT2D eigenvalue weighted by molar-refractivity contribution is 0.425. The van der Waals surface area contributed by atoms with Crippen molar-refractivity contribution in [3.05, 3.63) is 35.2 Å². The van der Waals surface area contributed by atoms with E-state index in [1.807, 2.05) is 26.0 Å². The van der Waals surface area contributed by atoms with Crippen LogP contribution < -0.4 is 0 Å². The zero-order valence-corrected chi connectivity index (χ0v) is 8.53. The molecule has 3 nitrogen and oxygen atoms in total. The summed E-state index contributed by atoms with van der Waals surface area (Å²) in [4.78, 5) is 4.19. The summed E-state index contributed by atoms with van der Waals surface area (Å²) in [5, 5.41) is 3.77. The zero-order valence-electron chi connectivity index (χ0n) is 8.53. The van der Waals surface area contributed by atoms with Crippen molar-refractivity contribution in [1.82, 2.24) is 10.1 Å². The molecule has 3 heteroatoms. The van der Waals surface area contributed by atoms with Gasteiger partial charge >= 0.3 is 0 Å². The highest BCUT2D eigenvalue weighted by Crippen LogP contribution is 2.22. The number of benzene rings is 1. The molecule has 0 bridgehead atoms. The number of hydrogen-bond donors (Lipinski definition) is 0. The van der Waals surface area contributed by atoms with Crippen LogP contribution in [0.25, 0.3) is 11.5 Å². The van der Waals surface area contributed by atoms with Gasteiger partial charge < -0.3 is 4.52 Å². The SMILES string of the molecule is Cc1ccc(-c2nc(C)no2)c(C)c1. The molecule has 0 aliphatic carbocycles. The first kappa shape index (κ1) is 8.94. The minimum atomic E-state index is 0.597. The number of nitrogens with zero attached hydrogens (tertiary/aromatic N) is 2. The van der Waals surface area contributed by atoms with Gasteiger partial charge in [0.25, 0.3) is 5.89 Å². The Morgan fingerprint density at radius 3 is 2.50 bits per heavy atom. The summed E-state index contributed by atoms with van der Waals surface area (Å²) >= 11 is 0. The molecule has 0 amide bonds. The Morgan fingerprint density at radius 2 is 1.93 bits per heavy atom. The number of hydrogen-bond acceptors (Lipinski definition) is 3. The van der Waals surface area contributed by atoms with Crippen LogP contribution in [-0.2, 0) is 0 Å². The molecule has 72 valence electrons. The second-order valence-electron chi connectivity index (χ2n) is 3.47. The number of rotatable bonds is 1. The van der Waals surface area contributed by atoms with Gasteiger partial charge in [0.1, 0.15) is 0 Å². The van der Waals surface area contributed by atoms with E-state index in [9.17, 15) is 0 Å². The lowest BCUT2D eigenvalue weighted by Crippen LogP contribution is -1.84. The van der Waals surface area contributed by atoms with Crippen molar-refractivity contribution in [3.63, 3.8) is 0 Å². The fourth-order valence-corrected chi connectivity index (χ4v) is 1.46. The van der Waals surface area contributed by atoms with E-state index < -0.39 is 0 Å². The predicted octanol–water partition coefficient (Wildman–Crippen LogP) is 2.66. The highest BCUT2D eigenvalue weighted by atomic mass is 16.5. The molecule has 2 aromatic rings. The second kappa shape index (κ2) is 3.25. The first-order chi connectivity index (χ1) is 6.66. The van der Waals surface area contributed by atoms with Crippen LogP contribution in [0, 0.1) is 20.8 Å². The van der Waals surface area contributed by atoms with Gasteiger partial charge in [-0.05, 0) is 32.4 Å². The van der Waals surface area contributed by atoms with Gasteiger partial charge in [-0.1, -0.05) is 22.9 Å². The van der Waals surface area contributed by atoms with Gasteiger partial charge in [-0.15, -0.1) is 0 Å². The van der Waals surface area contributed by atoms with Crippen molar-refractivity contribution in [2.24, 2.45) is 0 Å². The summed E-state index contributed by atoms with van der Waals surface area (Å²) in [7, 11) is 0. The van der Waals surface area contributed by atoms with Crippen LogP contribution in [0.15, 0.2) is 22.7 Å². The topological polar surface area (TPSA) is 38.9 Å². The van der Waals surface area contributed by atoms with Crippen molar-refractivity contribution < 1.29 is 4.52 Å². The van der Waals surface area contributed by atoms with E-state index >= 15 is 0 Å². The Labute approximate surface area is 82.8 Å². The van der Waals surface area contributed by atoms with Gasteiger partial charge in [0.2, 0.25) is 0 Å². The van der Waals surface area contributed by atoms with E-state index in [1.54, 1.807) is 0 Å². The van der Waals surface area contributed by atoms with E-state index in [2.05, 4.69) is 23.1 Å². The first-order valence-electron chi connectivity index (χ1n) is 4.55. The molecule has 0 saturated carbocycles. The Morgan fingerprint density at radius 1 is 1.14 bits per heavy atom. The maximum atomic E-state index is 5.11. The van der Waals surface area contributed by atoms with Crippen molar-refractivity contribution in [1.29, 1.82) is 0 Å². The van der Waals surface area contributed by atoms with Gasteiger partial charge in [0.15, 0.2) is 5.82 Å². The molecule has 0 spiro atoms. The van der Waals surface area contributed by atoms with E-state index in [0.29, 0.717) is 11.7 Å². The van der Waals surface area contributed by atoms with Crippen LogP contribution in [0.3, 0.4) is 0 Å². The average Bonchev–Trinajstić information content (AvgIpc) is 2.51. The summed E-state index contributed by atoms with van der Waals surface area (Å²) in [5.41, 5.74) is 3.41. The van der Waals surface area contributed by atoms with Gasteiger partial charge in [-0.25, -0.2) is 0 Å². The monoisotopic (exact) mass is 188 g/mol. The molecule has 0 fully saturated rings. The summed E-state index contributed by atoms with van der Waals surface area (Å²) in [6, 6.07) is 6.16. The number of aryl methyl sites for hydroxylation is 3. The minimum Gasteiger partial charge on any atom is -0.334 e. The highest BCUT2D eigenvalue weighted by molar-refractivity contribution is 5.58. The third kappa shape index (κ3) is 1.53. The molecule has 0 N–H and O–H groups in total. The van der Waals surface area contributed by atoms with E-state index in [-0.39, 0.29) is 0 Å². The Balaban J connectivity index is 2.52. The quantitative estimate of drug-likeness (QED) is 0.690. The molecule has 0 radical (unpaired) electrons. The Bertz CT molecular complexity index is 460. The molecule has 0 aliphatic rings. The summed E-state index contributed by atoms with van der Waals surface area (Å²) in [5.74, 6) is 1.26. The second-order valence-corrected chi connectivity index (χ2v) is 3.47. The average molecular weight is 188 g/mol. The van der Waals surface area contributed by atoms with Crippen molar-refractivity contribution in [2.75, 3.05) is 0 Å². The smallest absolute Gasteiger partial charge is 0.258 e. The Kier molecular flexibility index (Phi) is 2.08. The van der Waals surface area contributed by atoms with Crippen molar-refractivity contribution in [3.8, 4) is 11.5 Å². The summed E-state index contributed by atoms with van der Waals surface area (Å²) < 4.78 is 5.11. The molecule has 0 saturated heterocycles. The lowest BCUT2D eigenvalue weighted by atomic mass is 10.1. The maximum Gasteiger partial charge on any atom is 0.258 e. The molecule has 0 aliphatic heterocycles. The third-order valence-electron chi connectivity index (χ3n) is 2.14. The van der Waals surface area contributed by atoms with Gasteiger partial charge in [0.05, 0.1) is 0 Å². The van der Waals surface area contributed by atoms with Crippen LogP contribution in [0.5, 0.6) is 0 Å². The molecular weight excluding hydrogens is 176 g/mol. The molecule has 0 unspecified atom stereocenters. The standard InChI is InChI=1S/C11H12N2O/c1-7-4-5-10(8(2)6-7)11-12-9(3)13-14-11/h4-6H,1-3H3. The fraction of sp³-hybridized carbons (Fsp3) is 0.273. The van der Waals surface area contributed by atoms with Gasteiger partial charge in [0, 0.05) is 5.56 Å². The molecular formula is C11H12N2O. The van der Waals surface area contributed by atoms with E-state index in [4.69, 9.17) is 4.52 Å². The molecule has 2 rings (SSSR count). The third-order valence-corrected chi connectivity index (χ3v) is 2.14. The fourth-order valence-electron chi connectivity index (χ4n) is 1.46. The summed E-state index contributed by atoms with van der Waals surface area (Å²) in [6.45, 7) is 5.92. The van der Waals surface area contributed by atoms with Crippen LogP contribution in [0.2, 0.25) is 0 Å². The zero-order chi connectivity index (χ0) is 10.1. The van der Waals surface area contributed by atoms with Gasteiger partial charge in [-0.2, -0.15) is 4.98 Å². The maximum absolute atomic E-state index is 5.11. The molecule has 1 aromatic carbocycles. The summed E-state index contributed by atoms with van der Waals surface area (Å²) in [6.07, 6.45) is 0. The van der Waals surface area contributed by atoms with Crippen LogP contribution in [-0.4, -0.2) is 10.1 Å².